The van der Waals surface area contributed by atoms with Gasteiger partial charge in [-0.25, -0.2) is 0 Å². The summed E-state index contributed by atoms with van der Waals surface area (Å²) in [6, 6.07) is -0.350. The highest BCUT2D eigenvalue weighted by Crippen LogP contribution is 2.47. The van der Waals surface area contributed by atoms with E-state index in [9.17, 15) is 5.11 Å². The van der Waals surface area contributed by atoms with E-state index >= 15 is 0 Å². The summed E-state index contributed by atoms with van der Waals surface area (Å²) in [6.45, 7) is 19.8. The van der Waals surface area contributed by atoms with Crippen molar-refractivity contribution in [3.63, 3.8) is 0 Å². The van der Waals surface area contributed by atoms with Crippen LogP contribution in [0.3, 0.4) is 0 Å². The van der Waals surface area contributed by atoms with Gasteiger partial charge in [-0.05, 0) is 22.2 Å². The molecule has 2 heterocycles. The molecular weight excluding hydrogens is 382 g/mol. The van der Waals surface area contributed by atoms with Gasteiger partial charge < -0.3 is 22.8 Å². The van der Waals surface area contributed by atoms with E-state index in [0.717, 1.165) is 0 Å². The second kappa shape index (κ2) is 8.62. The topological polar surface area (TPSA) is 57.2 Å². The summed E-state index contributed by atoms with van der Waals surface area (Å²) in [5.41, 5.74) is 1.12. The molecular formula is C17H37BO5PSi2. The van der Waals surface area contributed by atoms with Gasteiger partial charge in [0.25, 0.3) is 0 Å². The van der Waals surface area contributed by atoms with Crippen LogP contribution in [0.25, 0.3) is 0 Å². The van der Waals surface area contributed by atoms with Gasteiger partial charge in [-0.2, -0.15) is 9.12 Å². The van der Waals surface area contributed by atoms with Crippen LogP contribution in [-0.2, 0) is 17.7 Å². The Labute approximate surface area is 164 Å². The molecule has 2 rings (SSSR count). The standard InChI is InChI=1S/C17H37BO5PSi2/c1-10(2)25(11(3)4)20-9-14-16(15(19)17(18-24)21-14)22-26(23-25,12(5)6)13(7)8/h10-17,19H,9,24H2,1-8H3/t14-,15+,16?,17-/m1/s1. The van der Waals surface area contributed by atoms with Gasteiger partial charge in [0.1, 0.15) is 18.3 Å². The average Bonchev–Trinajstić information content (AvgIpc) is 2.81. The Kier molecular flexibility index (Phi) is 7.63. The summed E-state index contributed by atoms with van der Waals surface area (Å²) < 4.78 is 26.6. The maximum absolute atomic E-state index is 10.8. The molecule has 0 saturated carbocycles. The van der Waals surface area contributed by atoms with Crippen LogP contribution in [0.4, 0.5) is 0 Å². The van der Waals surface area contributed by atoms with E-state index in [1.165, 1.54) is 0 Å². The van der Waals surface area contributed by atoms with E-state index in [2.05, 4.69) is 64.5 Å². The lowest BCUT2D eigenvalue weighted by atomic mass is 9.91. The number of aliphatic hydroxyl groups excluding tert-OH is 1. The first-order valence-electron chi connectivity index (χ1n) is 9.92. The number of fused-ring (bicyclic) bond motifs is 1. The van der Waals surface area contributed by atoms with Crippen molar-refractivity contribution in [3.05, 3.63) is 0 Å². The van der Waals surface area contributed by atoms with Gasteiger partial charge >= 0.3 is 17.1 Å². The Balaban J connectivity index is 2.52. The third-order valence-corrected chi connectivity index (χ3v) is 16.5. The fourth-order valence-electron chi connectivity index (χ4n) is 4.34. The van der Waals surface area contributed by atoms with Crippen molar-refractivity contribution in [2.75, 3.05) is 6.61 Å². The zero-order chi connectivity index (χ0) is 19.9. The Morgan fingerprint density at radius 2 is 1.42 bits per heavy atom. The monoisotopic (exact) mass is 419 g/mol. The van der Waals surface area contributed by atoms with Crippen molar-refractivity contribution in [2.24, 2.45) is 0 Å². The van der Waals surface area contributed by atoms with E-state index in [4.69, 9.17) is 17.7 Å². The summed E-state index contributed by atoms with van der Waals surface area (Å²) in [6.07, 6.45) is -1.36. The molecule has 0 aromatic carbocycles. The molecule has 0 spiro atoms. The SMILES string of the molecule is CC(C)[Si]1(C(C)C)OC[C@H]2O[C@@H]([B]P)[C@@H](O)C2O[Si](C(C)C)(C(C)C)O1. The van der Waals surface area contributed by atoms with E-state index < -0.39 is 29.3 Å². The molecule has 5 atom stereocenters. The molecule has 1 N–H and O–H groups in total. The third-order valence-electron chi connectivity index (χ3n) is 5.89. The smallest absolute Gasteiger partial charge is 0.335 e. The van der Waals surface area contributed by atoms with Gasteiger partial charge in [0.2, 0.25) is 0 Å². The quantitative estimate of drug-likeness (QED) is 0.546. The van der Waals surface area contributed by atoms with Crippen LogP contribution in [0.1, 0.15) is 55.4 Å². The predicted molar refractivity (Wildman–Crippen MR) is 114 cm³/mol. The Bertz CT molecular complexity index is 464. The van der Waals surface area contributed by atoms with Crippen LogP contribution in [0, 0.1) is 0 Å². The van der Waals surface area contributed by atoms with E-state index in [1.807, 2.05) is 7.00 Å². The molecule has 9 heteroatoms. The minimum Gasteiger partial charge on any atom is -0.414 e. The van der Waals surface area contributed by atoms with Crippen LogP contribution < -0.4 is 0 Å². The van der Waals surface area contributed by atoms with Crippen LogP contribution in [0.5, 0.6) is 0 Å². The number of rotatable bonds is 5. The first-order valence-corrected chi connectivity index (χ1v) is 14.5. The summed E-state index contributed by atoms with van der Waals surface area (Å²) >= 11 is 0. The minimum absolute atomic E-state index is 0.250. The lowest BCUT2D eigenvalue weighted by molar-refractivity contribution is -0.0319. The molecule has 0 aromatic rings. The van der Waals surface area contributed by atoms with Crippen molar-refractivity contribution < 1.29 is 22.8 Å². The fraction of sp³-hybridized carbons (Fsp3) is 1.00. The number of aliphatic hydroxyl groups is 1. The normalized spacial score (nSPS) is 34.2. The highest BCUT2D eigenvalue weighted by Gasteiger charge is 2.61. The van der Waals surface area contributed by atoms with E-state index in [0.29, 0.717) is 17.7 Å². The molecule has 0 aromatic heterocycles. The van der Waals surface area contributed by atoms with Gasteiger partial charge in [-0.3, -0.25) is 0 Å². The van der Waals surface area contributed by atoms with Gasteiger partial charge in [-0.15, -0.1) is 0 Å². The molecule has 0 amide bonds. The molecule has 151 valence electrons. The van der Waals surface area contributed by atoms with Gasteiger partial charge in [-0.1, -0.05) is 55.4 Å². The maximum Gasteiger partial charge on any atom is 0.335 e. The zero-order valence-corrected chi connectivity index (χ0v) is 20.7. The van der Waals surface area contributed by atoms with Crippen molar-refractivity contribution in [1.82, 2.24) is 0 Å². The molecule has 2 aliphatic heterocycles. The molecule has 0 aliphatic carbocycles. The average molecular weight is 419 g/mol. The van der Waals surface area contributed by atoms with Gasteiger partial charge in [0.15, 0.2) is 7.00 Å². The highest BCUT2D eigenvalue weighted by atomic mass is 31.0. The summed E-state index contributed by atoms with van der Waals surface area (Å²) in [5, 5.41) is 10.8. The first-order chi connectivity index (χ1) is 12.0. The second-order valence-electron chi connectivity index (χ2n) is 8.88. The van der Waals surface area contributed by atoms with Crippen molar-refractivity contribution in [1.29, 1.82) is 0 Å². The summed E-state index contributed by atoms with van der Waals surface area (Å²) in [7, 11) is -2.67. The number of hydrogen-bond donors (Lipinski definition) is 1. The molecule has 1 radical (unpaired) electrons. The van der Waals surface area contributed by atoms with E-state index in [1.54, 1.807) is 0 Å². The van der Waals surface area contributed by atoms with Crippen molar-refractivity contribution >= 4 is 33.2 Å². The van der Waals surface area contributed by atoms with Gasteiger partial charge in [0, 0.05) is 0 Å². The van der Waals surface area contributed by atoms with Gasteiger partial charge in [0.05, 0.1) is 12.6 Å². The molecule has 2 aliphatic rings. The first kappa shape index (κ1) is 23.0. The fourth-order valence-corrected chi connectivity index (χ4v) is 15.9. The van der Waals surface area contributed by atoms with Crippen molar-refractivity contribution in [3.8, 4) is 0 Å². The zero-order valence-electron chi connectivity index (χ0n) is 17.6. The minimum atomic E-state index is -2.67. The van der Waals surface area contributed by atoms with Crippen LogP contribution >= 0.6 is 9.12 Å². The van der Waals surface area contributed by atoms with E-state index in [-0.39, 0.29) is 23.2 Å². The Morgan fingerprint density at radius 3 is 1.85 bits per heavy atom. The molecule has 2 fully saturated rings. The summed E-state index contributed by atoms with van der Waals surface area (Å²) in [5.74, 6) is 0. The lowest BCUT2D eigenvalue weighted by Crippen LogP contribution is -2.65. The number of ether oxygens (including phenoxy) is 1. The molecule has 26 heavy (non-hydrogen) atoms. The Morgan fingerprint density at radius 1 is 0.923 bits per heavy atom. The maximum atomic E-state index is 10.8. The summed E-state index contributed by atoms with van der Waals surface area (Å²) in [4.78, 5) is 0. The van der Waals surface area contributed by atoms with Crippen molar-refractivity contribution in [2.45, 2.75) is 102 Å². The third kappa shape index (κ3) is 3.90. The molecule has 2 unspecified atom stereocenters. The van der Waals surface area contributed by atoms with Crippen LogP contribution in [0.15, 0.2) is 0 Å². The molecule has 5 nitrogen and oxygen atoms in total. The van der Waals surface area contributed by atoms with Crippen LogP contribution in [0.2, 0.25) is 22.2 Å². The predicted octanol–water partition coefficient (Wildman–Crippen LogP) is 3.52. The largest absolute Gasteiger partial charge is 0.414 e. The lowest BCUT2D eigenvalue weighted by Gasteiger charge is -2.51. The second-order valence-corrected chi connectivity index (χ2v) is 18.1. The highest BCUT2D eigenvalue weighted by molar-refractivity contribution is 7.56. The number of hydrogen-bond acceptors (Lipinski definition) is 5. The molecule has 2 saturated heterocycles. The Hall–Kier alpha value is 0.729. The molecule has 0 bridgehead atoms. The van der Waals surface area contributed by atoms with Crippen LogP contribution in [-0.4, -0.2) is 60.1 Å².